The number of amides is 1. The molecule has 1 aliphatic rings. The summed E-state index contributed by atoms with van der Waals surface area (Å²) in [4.78, 5) is 25.4. The van der Waals surface area contributed by atoms with Crippen LogP contribution in [0.5, 0.6) is 0 Å². The van der Waals surface area contributed by atoms with Crippen molar-refractivity contribution in [1.82, 2.24) is 19.4 Å². The van der Waals surface area contributed by atoms with Crippen molar-refractivity contribution < 1.29 is 4.79 Å². The maximum Gasteiger partial charge on any atom is 0.253 e. The molecular formula is C21H23N5O. The number of benzene rings is 1. The lowest BCUT2D eigenvalue weighted by molar-refractivity contribution is 0.0746. The first kappa shape index (κ1) is 17.3. The van der Waals surface area contributed by atoms with Crippen molar-refractivity contribution in [1.29, 1.82) is 0 Å². The molecule has 1 fully saturated rings. The van der Waals surface area contributed by atoms with Crippen LogP contribution in [0, 0.1) is 13.8 Å². The molecule has 27 heavy (non-hydrogen) atoms. The average Bonchev–Trinajstić information content (AvgIpc) is 3.06. The van der Waals surface area contributed by atoms with E-state index in [0.717, 1.165) is 30.3 Å². The first-order valence-electron chi connectivity index (χ1n) is 9.20. The Kier molecular flexibility index (Phi) is 4.62. The fraction of sp³-hybridized carbons (Fsp3) is 0.286. The second-order valence-electron chi connectivity index (χ2n) is 6.83. The van der Waals surface area contributed by atoms with Crippen LogP contribution in [0.4, 0.5) is 5.95 Å². The van der Waals surface area contributed by atoms with Crippen LogP contribution in [0.2, 0.25) is 0 Å². The van der Waals surface area contributed by atoms with Gasteiger partial charge in [-0.3, -0.25) is 4.79 Å². The highest BCUT2D eigenvalue weighted by Gasteiger charge is 2.23. The number of hydrogen-bond donors (Lipinski definition) is 0. The zero-order valence-corrected chi connectivity index (χ0v) is 15.7. The van der Waals surface area contributed by atoms with Crippen molar-refractivity contribution in [2.24, 2.45) is 0 Å². The number of aromatic nitrogens is 3. The van der Waals surface area contributed by atoms with Gasteiger partial charge in [0.2, 0.25) is 5.95 Å². The fourth-order valence-electron chi connectivity index (χ4n) is 3.58. The first-order chi connectivity index (χ1) is 13.1. The van der Waals surface area contributed by atoms with Crippen molar-refractivity contribution in [3.05, 3.63) is 71.8 Å². The highest BCUT2D eigenvalue weighted by atomic mass is 16.2. The molecule has 0 unspecified atom stereocenters. The molecule has 0 saturated carbocycles. The highest BCUT2D eigenvalue weighted by Crippen LogP contribution is 2.18. The number of carbonyl (C=O) groups is 1. The van der Waals surface area contributed by atoms with Crippen LogP contribution in [0.1, 0.15) is 21.7 Å². The van der Waals surface area contributed by atoms with E-state index in [1.165, 1.54) is 11.4 Å². The van der Waals surface area contributed by atoms with Gasteiger partial charge in [0, 0.05) is 61.2 Å². The largest absolute Gasteiger partial charge is 0.337 e. The summed E-state index contributed by atoms with van der Waals surface area (Å²) in [6, 6.07) is 13.9. The van der Waals surface area contributed by atoms with Crippen molar-refractivity contribution in [2.75, 3.05) is 31.1 Å². The molecule has 1 amide bonds. The number of hydrogen-bond acceptors (Lipinski definition) is 4. The van der Waals surface area contributed by atoms with E-state index in [1.807, 2.05) is 35.2 Å². The lowest BCUT2D eigenvalue weighted by Gasteiger charge is -2.34. The number of piperazine rings is 1. The van der Waals surface area contributed by atoms with Crippen molar-refractivity contribution in [2.45, 2.75) is 13.8 Å². The molecular weight excluding hydrogens is 338 g/mol. The van der Waals surface area contributed by atoms with Gasteiger partial charge < -0.3 is 14.4 Å². The minimum atomic E-state index is 0.0798. The zero-order valence-electron chi connectivity index (χ0n) is 15.7. The fourth-order valence-corrected chi connectivity index (χ4v) is 3.58. The number of rotatable bonds is 3. The monoisotopic (exact) mass is 361 g/mol. The normalized spacial score (nSPS) is 14.4. The van der Waals surface area contributed by atoms with Gasteiger partial charge >= 0.3 is 0 Å². The van der Waals surface area contributed by atoms with Crippen LogP contribution < -0.4 is 4.90 Å². The number of nitrogens with zero attached hydrogens (tertiary/aromatic N) is 5. The molecule has 6 heteroatoms. The summed E-state index contributed by atoms with van der Waals surface area (Å²) in [6.07, 6.45) is 3.49. The summed E-state index contributed by atoms with van der Waals surface area (Å²) in [5, 5.41) is 0. The topological polar surface area (TPSA) is 54.3 Å². The molecule has 4 rings (SSSR count). The van der Waals surface area contributed by atoms with Gasteiger partial charge in [-0.05, 0) is 56.3 Å². The van der Waals surface area contributed by atoms with E-state index in [-0.39, 0.29) is 5.91 Å². The van der Waals surface area contributed by atoms with Gasteiger partial charge in [-0.2, -0.15) is 0 Å². The van der Waals surface area contributed by atoms with Gasteiger partial charge in [0.1, 0.15) is 0 Å². The standard InChI is InChI=1S/C21H23N5O/c1-16-4-5-17(2)26(16)19-8-6-18(7-9-19)20(27)24-12-14-25(15-13-24)21-22-10-3-11-23-21/h3-11H,12-15H2,1-2H3. The molecule has 1 saturated heterocycles. The Morgan fingerprint density at radius 3 is 2.04 bits per heavy atom. The second kappa shape index (κ2) is 7.23. The molecule has 0 N–H and O–H groups in total. The van der Waals surface area contributed by atoms with Gasteiger partial charge in [-0.15, -0.1) is 0 Å². The smallest absolute Gasteiger partial charge is 0.253 e. The Balaban J connectivity index is 1.43. The lowest BCUT2D eigenvalue weighted by Crippen LogP contribution is -2.49. The Hall–Kier alpha value is -3.15. The van der Waals surface area contributed by atoms with Crippen LogP contribution in [-0.4, -0.2) is 51.5 Å². The number of anilines is 1. The van der Waals surface area contributed by atoms with Crippen LogP contribution in [0.15, 0.2) is 54.9 Å². The molecule has 1 aromatic carbocycles. The minimum absolute atomic E-state index is 0.0798. The predicted octanol–water partition coefficient (Wildman–Crippen LogP) is 2.85. The first-order valence-corrected chi connectivity index (χ1v) is 9.20. The van der Waals surface area contributed by atoms with Crippen molar-refractivity contribution in [3.63, 3.8) is 0 Å². The summed E-state index contributed by atoms with van der Waals surface area (Å²) in [5.74, 6) is 0.808. The third-order valence-corrected chi connectivity index (χ3v) is 5.05. The quantitative estimate of drug-likeness (QED) is 0.720. The number of aryl methyl sites for hydroxylation is 2. The molecule has 0 aliphatic carbocycles. The third kappa shape index (κ3) is 3.43. The Bertz CT molecular complexity index is 905. The molecule has 0 atom stereocenters. The van der Waals surface area contributed by atoms with Gasteiger partial charge in [-0.1, -0.05) is 0 Å². The third-order valence-electron chi connectivity index (χ3n) is 5.05. The maximum atomic E-state index is 12.8. The van der Waals surface area contributed by atoms with Crippen LogP contribution in [0.3, 0.4) is 0 Å². The van der Waals surface area contributed by atoms with Crippen LogP contribution >= 0.6 is 0 Å². The molecule has 2 aromatic heterocycles. The lowest BCUT2D eigenvalue weighted by atomic mass is 10.1. The van der Waals surface area contributed by atoms with Gasteiger partial charge in [0.15, 0.2) is 0 Å². The van der Waals surface area contributed by atoms with Crippen molar-refractivity contribution >= 4 is 11.9 Å². The average molecular weight is 361 g/mol. The van der Waals surface area contributed by atoms with E-state index >= 15 is 0 Å². The van der Waals surface area contributed by atoms with E-state index in [4.69, 9.17) is 0 Å². The van der Waals surface area contributed by atoms with Gasteiger partial charge in [0.05, 0.1) is 0 Å². The molecule has 138 valence electrons. The Morgan fingerprint density at radius 1 is 0.852 bits per heavy atom. The maximum absolute atomic E-state index is 12.8. The van der Waals surface area contributed by atoms with E-state index < -0.39 is 0 Å². The summed E-state index contributed by atoms with van der Waals surface area (Å²) < 4.78 is 2.19. The summed E-state index contributed by atoms with van der Waals surface area (Å²) in [6.45, 7) is 7.01. The molecule has 0 bridgehead atoms. The van der Waals surface area contributed by atoms with E-state index in [0.29, 0.717) is 13.1 Å². The minimum Gasteiger partial charge on any atom is -0.337 e. The van der Waals surface area contributed by atoms with Crippen molar-refractivity contribution in [3.8, 4) is 5.69 Å². The summed E-state index contributed by atoms with van der Waals surface area (Å²) >= 11 is 0. The Morgan fingerprint density at radius 2 is 1.44 bits per heavy atom. The SMILES string of the molecule is Cc1ccc(C)n1-c1ccc(C(=O)N2CCN(c3ncccn3)CC2)cc1. The second-order valence-corrected chi connectivity index (χ2v) is 6.83. The van der Waals surface area contributed by atoms with E-state index in [9.17, 15) is 4.79 Å². The molecule has 6 nitrogen and oxygen atoms in total. The van der Waals surface area contributed by atoms with E-state index in [1.54, 1.807) is 12.4 Å². The molecule has 3 aromatic rings. The predicted molar refractivity (Wildman–Crippen MR) is 105 cm³/mol. The van der Waals surface area contributed by atoms with Crippen LogP contribution in [-0.2, 0) is 0 Å². The van der Waals surface area contributed by atoms with Gasteiger partial charge in [0.25, 0.3) is 5.91 Å². The zero-order chi connectivity index (χ0) is 18.8. The number of carbonyl (C=O) groups excluding carboxylic acids is 1. The highest BCUT2D eigenvalue weighted by molar-refractivity contribution is 5.94. The molecule has 0 radical (unpaired) electrons. The summed E-state index contributed by atoms with van der Waals surface area (Å²) in [5.41, 5.74) is 4.18. The van der Waals surface area contributed by atoms with E-state index in [2.05, 4.69) is 45.4 Å². The Labute approximate surface area is 159 Å². The summed E-state index contributed by atoms with van der Waals surface area (Å²) in [7, 11) is 0. The van der Waals surface area contributed by atoms with Crippen LogP contribution in [0.25, 0.3) is 5.69 Å². The van der Waals surface area contributed by atoms with Gasteiger partial charge in [-0.25, -0.2) is 9.97 Å². The molecule has 0 spiro atoms. The molecule has 3 heterocycles. The molecule has 1 aliphatic heterocycles.